The van der Waals surface area contributed by atoms with Crippen LogP contribution in [0.1, 0.15) is 10.4 Å². The summed E-state index contributed by atoms with van der Waals surface area (Å²) in [5.41, 5.74) is -0.0770. The zero-order chi connectivity index (χ0) is 12.2. The van der Waals surface area contributed by atoms with E-state index in [-0.39, 0.29) is 17.1 Å². The van der Waals surface area contributed by atoms with Gasteiger partial charge in [0, 0.05) is 0 Å². The molecular weight excluding hydrogens is 230 g/mol. The molecule has 0 amide bonds. The van der Waals surface area contributed by atoms with Crippen LogP contribution in [0, 0.1) is 0 Å². The van der Waals surface area contributed by atoms with Gasteiger partial charge in [-0.1, -0.05) is 24.8 Å². The molecule has 0 aliphatic heterocycles. The highest BCUT2D eigenvalue weighted by atomic mass is 32.2. The fourth-order valence-electron chi connectivity index (χ4n) is 1.10. The molecule has 0 bridgehead atoms. The molecule has 0 aliphatic carbocycles. The van der Waals surface area contributed by atoms with Crippen LogP contribution >= 0.6 is 0 Å². The number of carbonyl (C=O) groups excluding carboxylic acids is 1. The van der Waals surface area contributed by atoms with E-state index in [0.29, 0.717) is 0 Å². The van der Waals surface area contributed by atoms with Crippen LogP contribution in [0.4, 0.5) is 0 Å². The van der Waals surface area contributed by atoms with E-state index in [4.69, 9.17) is 9.88 Å². The molecule has 0 saturated heterocycles. The minimum atomic E-state index is -3.93. The van der Waals surface area contributed by atoms with E-state index in [2.05, 4.69) is 6.58 Å². The maximum atomic E-state index is 11.5. The van der Waals surface area contributed by atoms with Gasteiger partial charge in [0.05, 0.1) is 10.5 Å². The van der Waals surface area contributed by atoms with Gasteiger partial charge >= 0.3 is 5.97 Å². The number of rotatable bonds is 4. The third kappa shape index (κ3) is 2.91. The molecule has 0 fully saturated rings. The Bertz CT molecular complexity index is 507. The molecule has 5 nitrogen and oxygen atoms in total. The predicted octanol–water partition coefficient (Wildman–Crippen LogP) is 0.677. The summed E-state index contributed by atoms with van der Waals surface area (Å²) in [6, 6.07) is 5.59. The molecule has 86 valence electrons. The van der Waals surface area contributed by atoms with Crippen molar-refractivity contribution in [3.8, 4) is 0 Å². The Balaban J connectivity index is 3.14. The predicted molar refractivity (Wildman–Crippen MR) is 58.3 cm³/mol. The van der Waals surface area contributed by atoms with Crippen LogP contribution in [-0.4, -0.2) is 21.0 Å². The molecule has 0 saturated carbocycles. The zero-order valence-electron chi connectivity index (χ0n) is 8.42. The summed E-state index contributed by atoms with van der Waals surface area (Å²) >= 11 is 0. The fraction of sp³-hybridized carbons (Fsp3) is 0.100. The van der Waals surface area contributed by atoms with Crippen molar-refractivity contribution >= 4 is 16.0 Å². The van der Waals surface area contributed by atoms with Gasteiger partial charge in [0.25, 0.3) is 0 Å². The number of esters is 1. The van der Waals surface area contributed by atoms with Crippen molar-refractivity contribution in [3.05, 3.63) is 42.5 Å². The second-order valence-corrected chi connectivity index (χ2v) is 4.46. The van der Waals surface area contributed by atoms with Crippen LogP contribution < -0.4 is 5.14 Å². The average molecular weight is 241 g/mol. The number of hydrogen-bond acceptors (Lipinski definition) is 4. The second-order valence-electron chi connectivity index (χ2n) is 2.93. The van der Waals surface area contributed by atoms with Crippen LogP contribution in [0.15, 0.2) is 41.8 Å². The highest BCUT2D eigenvalue weighted by molar-refractivity contribution is 7.89. The number of carbonyl (C=O) groups is 1. The van der Waals surface area contributed by atoms with Crippen molar-refractivity contribution in [1.82, 2.24) is 0 Å². The number of nitrogens with two attached hydrogens (primary N) is 1. The summed E-state index contributed by atoms with van der Waals surface area (Å²) < 4.78 is 27.1. The van der Waals surface area contributed by atoms with Gasteiger partial charge in [-0.15, -0.1) is 0 Å². The summed E-state index contributed by atoms with van der Waals surface area (Å²) in [5, 5.41) is 4.97. The molecule has 2 N–H and O–H groups in total. The maximum absolute atomic E-state index is 11.5. The molecule has 1 aromatic carbocycles. The SMILES string of the molecule is C=CCOC(=O)c1ccccc1S(N)(=O)=O. The lowest BCUT2D eigenvalue weighted by atomic mass is 10.2. The fourth-order valence-corrected chi connectivity index (χ4v) is 1.82. The Morgan fingerprint density at radius 1 is 1.44 bits per heavy atom. The third-order valence-electron chi connectivity index (χ3n) is 1.75. The standard InChI is InChI=1S/C10H11NO4S/c1-2-7-15-10(12)8-5-3-4-6-9(8)16(11,13)14/h2-6H,1,7H2,(H2,11,13,14). The molecule has 0 unspecified atom stereocenters. The minimum absolute atomic E-state index is 0.0117. The number of primary sulfonamides is 1. The first-order valence-corrected chi connectivity index (χ1v) is 5.91. The van der Waals surface area contributed by atoms with E-state index >= 15 is 0 Å². The van der Waals surface area contributed by atoms with Gasteiger partial charge in [-0.2, -0.15) is 0 Å². The summed E-state index contributed by atoms with van der Waals surface area (Å²) in [7, 11) is -3.93. The van der Waals surface area contributed by atoms with Gasteiger partial charge in [-0.25, -0.2) is 18.4 Å². The summed E-state index contributed by atoms with van der Waals surface area (Å²) in [6.45, 7) is 3.39. The number of ether oxygens (including phenoxy) is 1. The molecule has 1 rings (SSSR count). The second kappa shape index (κ2) is 4.91. The zero-order valence-corrected chi connectivity index (χ0v) is 9.24. The van der Waals surface area contributed by atoms with E-state index in [1.807, 2.05) is 0 Å². The van der Waals surface area contributed by atoms with Crippen molar-refractivity contribution < 1.29 is 17.9 Å². The topological polar surface area (TPSA) is 86.5 Å². The average Bonchev–Trinajstić information content (AvgIpc) is 2.24. The first kappa shape index (κ1) is 12.4. The van der Waals surface area contributed by atoms with Gasteiger partial charge in [-0.05, 0) is 12.1 Å². The molecular formula is C10H11NO4S. The monoisotopic (exact) mass is 241 g/mol. The number of benzene rings is 1. The van der Waals surface area contributed by atoms with Crippen LogP contribution in [0.25, 0.3) is 0 Å². The molecule has 0 spiro atoms. The summed E-state index contributed by atoms with van der Waals surface area (Å²) in [5.74, 6) is -0.746. The van der Waals surface area contributed by atoms with Crippen LogP contribution in [0.2, 0.25) is 0 Å². The Labute approximate surface area is 93.6 Å². The van der Waals surface area contributed by atoms with E-state index < -0.39 is 16.0 Å². The van der Waals surface area contributed by atoms with Crippen LogP contribution in [0.3, 0.4) is 0 Å². The molecule has 0 radical (unpaired) electrons. The van der Waals surface area contributed by atoms with E-state index in [1.165, 1.54) is 30.3 Å². The van der Waals surface area contributed by atoms with E-state index in [9.17, 15) is 13.2 Å². The van der Waals surface area contributed by atoms with Gasteiger partial charge in [0.2, 0.25) is 10.0 Å². The third-order valence-corrected chi connectivity index (χ3v) is 2.71. The highest BCUT2D eigenvalue weighted by Gasteiger charge is 2.19. The lowest BCUT2D eigenvalue weighted by Crippen LogP contribution is -2.17. The molecule has 6 heteroatoms. The minimum Gasteiger partial charge on any atom is -0.458 e. The normalized spacial score (nSPS) is 10.8. The highest BCUT2D eigenvalue weighted by Crippen LogP contribution is 2.14. The molecule has 0 aliphatic rings. The number of hydrogen-bond donors (Lipinski definition) is 1. The first-order chi connectivity index (χ1) is 7.46. The molecule has 0 heterocycles. The van der Waals surface area contributed by atoms with Crippen molar-refractivity contribution in [3.63, 3.8) is 0 Å². The largest absolute Gasteiger partial charge is 0.458 e. The number of sulfonamides is 1. The maximum Gasteiger partial charge on any atom is 0.339 e. The quantitative estimate of drug-likeness (QED) is 0.620. The first-order valence-electron chi connectivity index (χ1n) is 4.36. The van der Waals surface area contributed by atoms with Crippen molar-refractivity contribution in [2.24, 2.45) is 5.14 Å². The Morgan fingerprint density at radius 2 is 2.06 bits per heavy atom. The van der Waals surface area contributed by atoms with Gasteiger partial charge < -0.3 is 4.74 Å². The Hall–Kier alpha value is -1.66. The molecule has 0 atom stereocenters. The van der Waals surface area contributed by atoms with Crippen molar-refractivity contribution in [2.45, 2.75) is 4.90 Å². The van der Waals surface area contributed by atoms with Gasteiger partial charge in [0.1, 0.15) is 6.61 Å². The molecule has 16 heavy (non-hydrogen) atoms. The summed E-state index contributed by atoms with van der Waals surface area (Å²) in [6.07, 6.45) is 1.39. The lowest BCUT2D eigenvalue weighted by Gasteiger charge is -2.06. The van der Waals surface area contributed by atoms with Crippen LogP contribution in [0.5, 0.6) is 0 Å². The Kier molecular flexibility index (Phi) is 3.81. The lowest BCUT2D eigenvalue weighted by molar-refractivity contribution is 0.0545. The van der Waals surface area contributed by atoms with Gasteiger partial charge in [0.15, 0.2) is 0 Å². The van der Waals surface area contributed by atoms with Crippen molar-refractivity contribution in [1.29, 1.82) is 0 Å². The smallest absolute Gasteiger partial charge is 0.339 e. The van der Waals surface area contributed by atoms with Crippen molar-refractivity contribution in [2.75, 3.05) is 6.61 Å². The van der Waals surface area contributed by atoms with E-state index in [1.54, 1.807) is 0 Å². The van der Waals surface area contributed by atoms with Gasteiger partial charge in [-0.3, -0.25) is 0 Å². The Morgan fingerprint density at radius 3 is 2.62 bits per heavy atom. The molecule has 1 aromatic rings. The molecule has 0 aromatic heterocycles. The van der Waals surface area contributed by atoms with E-state index in [0.717, 1.165) is 0 Å². The van der Waals surface area contributed by atoms with Crippen LogP contribution in [-0.2, 0) is 14.8 Å². The summed E-state index contributed by atoms with van der Waals surface area (Å²) in [4.78, 5) is 11.2.